The van der Waals surface area contributed by atoms with E-state index in [-0.39, 0.29) is 31.2 Å². The van der Waals surface area contributed by atoms with Crippen LogP contribution in [0.25, 0.3) is 10.8 Å². The predicted octanol–water partition coefficient (Wildman–Crippen LogP) is 4.91. The standard InChI is InChI=1S/C39H50F3N5O9S/c1-6-54-27-11-12-29-25(18-27)13-16-43-33(29)56-28-19-30-32(48)45-38(35(50)46-57(52,53)37(5)14-15-37)20-26(38)10-8-7-9-22(2)17-23(3)31(34(49)47(30)21-28)44-36(51)55-24(4)39(40,41)42/h8,10-13,16,18,22-24,26,28,30-31H,6-7,9,14-15,17,19-21H2,1-5H3,(H,44,51)(H,45,48)(H,46,50). The van der Waals surface area contributed by atoms with Crippen LogP contribution in [0.5, 0.6) is 11.6 Å². The third kappa shape index (κ3) is 9.10. The number of allylic oxidation sites excluding steroid dienone is 1. The Morgan fingerprint density at radius 1 is 1.14 bits per heavy atom. The number of aromatic nitrogens is 1. The molecule has 4 aliphatic rings. The first-order chi connectivity index (χ1) is 26.8. The summed E-state index contributed by atoms with van der Waals surface area (Å²) < 4.78 is 84.1. The zero-order valence-corrected chi connectivity index (χ0v) is 33.4. The first-order valence-corrected chi connectivity index (χ1v) is 20.8. The number of nitrogens with one attached hydrogen (secondary N) is 3. The number of carbonyl (C=O) groups is 4. The second kappa shape index (κ2) is 16.0. The zero-order chi connectivity index (χ0) is 41.5. The second-order valence-corrected chi connectivity index (χ2v) is 18.3. The van der Waals surface area contributed by atoms with Crippen LogP contribution < -0.4 is 24.8 Å². The lowest BCUT2D eigenvalue weighted by molar-refractivity contribution is -0.197. The van der Waals surface area contributed by atoms with Crippen molar-refractivity contribution < 1.29 is 55.0 Å². The lowest BCUT2D eigenvalue weighted by atomic mass is 9.88. The molecule has 3 fully saturated rings. The largest absolute Gasteiger partial charge is 0.494 e. The number of pyridine rings is 1. The Balaban J connectivity index is 1.34. The smallest absolute Gasteiger partial charge is 0.425 e. The molecule has 312 valence electrons. The molecule has 57 heavy (non-hydrogen) atoms. The van der Waals surface area contributed by atoms with Crippen LogP contribution in [0.3, 0.4) is 0 Å². The number of alkyl halides is 3. The first-order valence-electron chi connectivity index (χ1n) is 19.3. The SMILES string of the molecule is CCOc1ccc2c(OC3CC4C(=O)NC5(C(=O)NS(=O)(=O)C6(C)CC6)CC5C=CCCC(C)CC(C)C(NC(=O)OC(C)C(F)(F)F)C(=O)N4C3)nccc2c1. The Bertz CT molecular complexity index is 2030. The number of hydrogen-bond donors (Lipinski definition) is 3. The minimum absolute atomic E-state index is 0.0282. The molecule has 2 aliphatic heterocycles. The molecule has 1 aromatic heterocycles. The highest BCUT2D eigenvalue weighted by atomic mass is 32.2. The van der Waals surface area contributed by atoms with E-state index in [4.69, 9.17) is 9.47 Å². The van der Waals surface area contributed by atoms with Gasteiger partial charge in [0, 0.05) is 23.9 Å². The number of amides is 4. The van der Waals surface area contributed by atoms with Gasteiger partial charge in [-0.3, -0.25) is 19.1 Å². The summed E-state index contributed by atoms with van der Waals surface area (Å²) in [4.78, 5) is 61.5. The minimum Gasteiger partial charge on any atom is -0.494 e. The predicted molar refractivity (Wildman–Crippen MR) is 201 cm³/mol. The summed E-state index contributed by atoms with van der Waals surface area (Å²) in [6.07, 6.45) is -2.12. The molecular formula is C39H50F3N5O9S. The summed E-state index contributed by atoms with van der Waals surface area (Å²) in [5.41, 5.74) is -1.64. The van der Waals surface area contributed by atoms with Crippen LogP contribution in [-0.2, 0) is 29.1 Å². The molecule has 14 nitrogen and oxygen atoms in total. The number of sulfonamides is 1. The van der Waals surface area contributed by atoms with Gasteiger partial charge in [-0.2, -0.15) is 13.2 Å². The van der Waals surface area contributed by atoms with E-state index in [1.807, 2.05) is 26.0 Å². The molecule has 2 saturated carbocycles. The van der Waals surface area contributed by atoms with Crippen molar-refractivity contribution in [2.45, 2.75) is 120 Å². The Morgan fingerprint density at radius 3 is 2.56 bits per heavy atom. The number of halogens is 3. The van der Waals surface area contributed by atoms with Crippen LogP contribution in [0.15, 0.2) is 42.6 Å². The molecule has 8 atom stereocenters. The van der Waals surface area contributed by atoms with Crippen molar-refractivity contribution in [3.05, 3.63) is 42.6 Å². The monoisotopic (exact) mass is 821 g/mol. The minimum atomic E-state index is -4.85. The number of benzene rings is 1. The molecule has 3 heterocycles. The van der Waals surface area contributed by atoms with Gasteiger partial charge in [-0.05, 0) is 101 Å². The molecule has 2 aliphatic carbocycles. The van der Waals surface area contributed by atoms with Crippen LogP contribution in [0.1, 0.15) is 79.6 Å². The maximum Gasteiger partial charge on any atom is 0.425 e. The van der Waals surface area contributed by atoms with Gasteiger partial charge < -0.3 is 29.7 Å². The van der Waals surface area contributed by atoms with E-state index >= 15 is 0 Å². The molecule has 6 rings (SSSR count). The fourth-order valence-corrected chi connectivity index (χ4v) is 8.93. The van der Waals surface area contributed by atoms with E-state index in [1.54, 1.807) is 31.2 Å². The summed E-state index contributed by atoms with van der Waals surface area (Å²) in [6.45, 7) is 7.95. The number of hydrogen-bond acceptors (Lipinski definition) is 10. The van der Waals surface area contributed by atoms with Gasteiger partial charge in [0.05, 0.1) is 17.9 Å². The number of nitrogens with zero attached hydrogens (tertiary/aromatic N) is 2. The van der Waals surface area contributed by atoms with Crippen molar-refractivity contribution in [1.82, 2.24) is 25.2 Å². The van der Waals surface area contributed by atoms with E-state index in [9.17, 15) is 40.8 Å². The molecule has 3 N–H and O–H groups in total. The van der Waals surface area contributed by atoms with Gasteiger partial charge in [-0.25, -0.2) is 18.2 Å². The molecule has 0 bridgehead atoms. The molecular weight excluding hydrogens is 772 g/mol. The van der Waals surface area contributed by atoms with Crippen LogP contribution in [0.4, 0.5) is 18.0 Å². The van der Waals surface area contributed by atoms with Crippen LogP contribution in [-0.4, -0.2) is 96.0 Å². The van der Waals surface area contributed by atoms with Crippen molar-refractivity contribution in [3.8, 4) is 11.6 Å². The quantitative estimate of drug-likeness (QED) is 0.294. The normalized spacial score (nSPS) is 29.4. The number of ether oxygens (including phenoxy) is 3. The lowest BCUT2D eigenvalue weighted by Gasteiger charge is -2.33. The molecule has 1 aromatic carbocycles. The number of alkyl carbamates (subject to hydrolysis) is 1. The van der Waals surface area contributed by atoms with Crippen molar-refractivity contribution >= 4 is 44.6 Å². The average Bonchev–Trinajstić information content (AvgIpc) is 4.01. The Labute approximate surface area is 329 Å². The van der Waals surface area contributed by atoms with Gasteiger partial charge in [0.2, 0.25) is 27.7 Å². The Hall–Kier alpha value is -4.61. The summed E-state index contributed by atoms with van der Waals surface area (Å²) in [7, 11) is -4.07. The van der Waals surface area contributed by atoms with Crippen LogP contribution >= 0.6 is 0 Å². The van der Waals surface area contributed by atoms with Gasteiger partial charge in [0.15, 0.2) is 6.10 Å². The number of fused-ring (bicyclic) bond motifs is 3. The maximum atomic E-state index is 14.7. The molecule has 8 unspecified atom stereocenters. The highest BCUT2D eigenvalue weighted by Crippen LogP contribution is 2.47. The maximum absolute atomic E-state index is 14.7. The van der Waals surface area contributed by atoms with E-state index in [1.165, 1.54) is 18.0 Å². The summed E-state index contributed by atoms with van der Waals surface area (Å²) in [5.74, 6) is -2.79. The summed E-state index contributed by atoms with van der Waals surface area (Å²) >= 11 is 0. The van der Waals surface area contributed by atoms with Crippen molar-refractivity contribution in [3.63, 3.8) is 0 Å². The van der Waals surface area contributed by atoms with Crippen molar-refractivity contribution in [1.29, 1.82) is 0 Å². The third-order valence-electron chi connectivity index (χ3n) is 11.6. The molecule has 1 saturated heterocycles. The summed E-state index contributed by atoms with van der Waals surface area (Å²) in [5, 5.41) is 6.53. The second-order valence-electron chi connectivity index (χ2n) is 16.1. The van der Waals surface area contributed by atoms with E-state index in [0.717, 1.165) is 5.39 Å². The fraction of sp³-hybridized carbons (Fsp3) is 0.615. The average molecular weight is 822 g/mol. The van der Waals surface area contributed by atoms with Gasteiger partial charge in [0.25, 0.3) is 5.91 Å². The van der Waals surface area contributed by atoms with Gasteiger partial charge >= 0.3 is 12.3 Å². The van der Waals surface area contributed by atoms with E-state index < -0.39 is 86.4 Å². The van der Waals surface area contributed by atoms with E-state index in [0.29, 0.717) is 56.8 Å². The van der Waals surface area contributed by atoms with Gasteiger partial charge in [-0.15, -0.1) is 0 Å². The molecule has 4 amide bonds. The third-order valence-corrected chi connectivity index (χ3v) is 13.7. The highest BCUT2D eigenvalue weighted by Gasteiger charge is 2.63. The summed E-state index contributed by atoms with van der Waals surface area (Å²) in [6, 6.07) is 4.38. The molecule has 18 heteroatoms. The van der Waals surface area contributed by atoms with Gasteiger partial charge in [-0.1, -0.05) is 26.0 Å². The van der Waals surface area contributed by atoms with Crippen LogP contribution in [0.2, 0.25) is 0 Å². The molecule has 2 aromatic rings. The molecule has 0 spiro atoms. The number of carbonyl (C=O) groups excluding carboxylic acids is 4. The van der Waals surface area contributed by atoms with Crippen molar-refractivity contribution in [2.75, 3.05) is 13.2 Å². The fourth-order valence-electron chi connectivity index (χ4n) is 7.62. The Morgan fingerprint density at radius 2 is 1.88 bits per heavy atom. The lowest BCUT2D eigenvalue weighted by Crippen LogP contribution is -2.59. The zero-order valence-electron chi connectivity index (χ0n) is 32.6. The number of rotatable bonds is 9. The van der Waals surface area contributed by atoms with Crippen molar-refractivity contribution in [2.24, 2.45) is 17.8 Å². The first kappa shape index (κ1) is 42.0. The highest BCUT2D eigenvalue weighted by molar-refractivity contribution is 7.91. The van der Waals surface area contributed by atoms with E-state index in [2.05, 4.69) is 25.1 Å². The molecule has 0 radical (unpaired) electrons. The Kier molecular flexibility index (Phi) is 11.8. The van der Waals surface area contributed by atoms with Crippen LogP contribution in [0, 0.1) is 17.8 Å². The van der Waals surface area contributed by atoms with Gasteiger partial charge in [0.1, 0.15) is 29.5 Å². The topological polar surface area (TPSA) is 182 Å².